The molecule has 4 heterocycles. The van der Waals surface area contributed by atoms with Gasteiger partial charge in [-0.2, -0.15) is 5.10 Å². The van der Waals surface area contributed by atoms with E-state index in [0.717, 1.165) is 22.2 Å². The van der Waals surface area contributed by atoms with Crippen LogP contribution in [0.15, 0.2) is 53.5 Å². The van der Waals surface area contributed by atoms with Gasteiger partial charge in [-0.15, -0.1) is 0 Å². The van der Waals surface area contributed by atoms with Crippen molar-refractivity contribution in [1.29, 1.82) is 0 Å². The van der Waals surface area contributed by atoms with Crippen molar-refractivity contribution in [1.82, 2.24) is 39.8 Å². The number of aromatic nitrogens is 5. The van der Waals surface area contributed by atoms with Crippen LogP contribution in [0.2, 0.25) is 0 Å². The van der Waals surface area contributed by atoms with E-state index in [1.807, 2.05) is 50.4 Å². The molecule has 1 aliphatic heterocycles. The minimum Gasteiger partial charge on any atom is -0.361 e. The average molecular weight is 629 g/mol. The van der Waals surface area contributed by atoms with Gasteiger partial charge in [0.2, 0.25) is 17.7 Å². The summed E-state index contributed by atoms with van der Waals surface area (Å²) < 4.78 is 3.38. The number of rotatable bonds is 7. The highest BCUT2D eigenvalue weighted by atomic mass is 16.2. The predicted octanol–water partition coefficient (Wildman–Crippen LogP) is 3.18. The zero-order valence-corrected chi connectivity index (χ0v) is 27.1. The van der Waals surface area contributed by atoms with Crippen LogP contribution in [0.5, 0.6) is 0 Å². The third-order valence-electron chi connectivity index (χ3n) is 8.48. The number of pyridine rings is 1. The molecule has 0 bridgehead atoms. The molecule has 3 aromatic heterocycles. The summed E-state index contributed by atoms with van der Waals surface area (Å²) in [4.78, 5) is 62.8. The van der Waals surface area contributed by atoms with Crippen molar-refractivity contribution in [3.63, 3.8) is 0 Å². The molecular weight excluding hydrogens is 584 g/mol. The average Bonchev–Trinajstić information content (AvgIpc) is 3.59. The highest BCUT2D eigenvalue weighted by molar-refractivity contribution is 5.89. The number of aryl methyl sites for hydroxylation is 2. The number of H-pyrrole nitrogens is 1. The fraction of sp³-hybridized carbons (Fsp3) is 0.471. The van der Waals surface area contributed by atoms with Crippen LogP contribution in [0.4, 0.5) is 0 Å². The van der Waals surface area contributed by atoms with Crippen molar-refractivity contribution in [2.45, 2.75) is 85.0 Å². The topological polar surface area (TPSA) is 147 Å². The van der Waals surface area contributed by atoms with Crippen LogP contribution in [-0.4, -0.2) is 66.1 Å². The van der Waals surface area contributed by atoms with Gasteiger partial charge in [0.25, 0.3) is 5.56 Å². The number of carbonyl (C=O) groups is 3. The number of carbonyl (C=O) groups excluding carboxylic acids is 3. The Morgan fingerprint density at radius 3 is 2.57 bits per heavy atom. The molecule has 0 saturated heterocycles. The maximum Gasteiger partial charge on any atom is 0.250 e. The molecule has 1 aliphatic rings. The predicted molar refractivity (Wildman–Crippen MR) is 175 cm³/mol. The molecule has 5 rings (SSSR count). The number of hydrogen-bond acceptors (Lipinski definition) is 6. The Morgan fingerprint density at radius 1 is 0.978 bits per heavy atom. The molecule has 3 N–H and O–H groups in total. The molecule has 1 aromatic carbocycles. The second kappa shape index (κ2) is 14.6. The molecule has 0 fully saturated rings. The molecule has 0 aliphatic carbocycles. The summed E-state index contributed by atoms with van der Waals surface area (Å²) in [5.41, 5.74) is 2.54. The maximum atomic E-state index is 13.9. The van der Waals surface area contributed by atoms with E-state index in [1.54, 1.807) is 20.2 Å². The SMILES string of the molecule is Cc1nc2n(n1)CCN(C(=O)CCn1c(C)cccc1=O)CCCC(=O)N[C@H](Cc1c[nH]c3ccccc13)C(=O)N[C@H]2CC(C)C. The third-order valence-corrected chi connectivity index (χ3v) is 8.48. The van der Waals surface area contributed by atoms with Crippen molar-refractivity contribution in [2.24, 2.45) is 5.92 Å². The van der Waals surface area contributed by atoms with E-state index in [9.17, 15) is 19.2 Å². The molecule has 12 heteroatoms. The number of amides is 3. The first-order valence-corrected chi connectivity index (χ1v) is 16.1. The molecule has 46 heavy (non-hydrogen) atoms. The lowest BCUT2D eigenvalue weighted by Crippen LogP contribution is -2.49. The second-order valence-corrected chi connectivity index (χ2v) is 12.5. The van der Waals surface area contributed by atoms with E-state index in [-0.39, 0.29) is 48.6 Å². The van der Waals surface area contributed by atoms with Crippen molar-refractivity contribution in [3.05, 3.63) is 81.9 Å². The Hall–Kier alpha value is -4.74. The fourth-order valence-electron chi connectivity index (χ4n) is 6.15. The van der Waals surface area contributed by atoms with Gasteiger partial charge in [0, 0.05) is 67.8 Å². The minimum atomic E-state index is -0.813. The van der Waals surface area contributed by atoms with Crippen LogP contribution in [0, 0.1) is 19.8 Å². The summed E-state index contributed by atoms with van der Waals surface area (Å²) in [5.74, 6) is 0.784. The molecule has 4 aromatic rings. The van der Waals surface area contributed by atoms with Crippen molar-refractivity contribution < 1.29 is 14.4 Å². The summed E-state index contributed by atoms with van der Waals surface area (Å²) in [7, 11) is 0. The van der Waals surface area contributed by atoms with Crippen LogP contribution in [-0.2, 0) is 33.9 Å². The van der Waals surface area contributed by atoms with Crippen LogP contribution in [0.25, 0.3) is 10.9 Å². The Kier molecular flexibility index (Phi) is 10.3. The number of nitrogens with one attached hydrogen (secondary N) is 3. The minimum absolute atomic E-state index is 0.106. The van der Waals surface area contributed by atoms with E-state index >= 15 is 0 Å². The van der Waals surface area contributed by atoms with Gasteiger partial charge in [-0.3, -0.25) is 19.2 Å². The Bertz CT molecular complexity index is 1750. The number of aromatic amines is 1. The Balaban J connectivity index is 1.41. The largest absolute Gasteiger partial charge is 0.361 e. The number of hydrogen-bond donors (Lipinski definition) is 3. The number of para-hydroxylation sites is 1. The van der Waals surface area contributed by atoms with Crippen LogP contribution >= 0.6 is 0 Å². The zero-order valence-electron chi connectivity index (χ0n) is 27.1. The first-order chi connectivity index (χ1) is 22.1. The summed E-state index contributed by atoms with van der Waals surface area (Å²) in [6, 6.07) is 11.7. The third kappa shape index (κ3) is 7.91. The van der Waals surface area contributed by atoms with Gasteiger partial charge < -0.3 is 25.1 Å². The molecule has 3 amide bonds. The van der Waals surface area contributed by atoms with Crippen LogP contribution in [0.1, 0.15) is 68.5 Å². The molecular formula is C34H44N8O4. The van der Waals surface area contributed by atoms with Gasteiger partial charge in [0.1, 0.15) is 17.7 Å². The Labute approximate surface area is 268 Å². The molecule has 0 saturated carbocycles. The molecule has 12 nitrogen and oxygen atoms in total. The second-order valence-electron chi connectivity index (χ2n) is 12.5. The van der Waals surface area contributed by atoms with Gasteiger partial charge in [0.05, 0.1) is 12.6 Å². The fourth-order valence-corrected chi connectivity index (χ4v) is 6.15. The monoisotopic (exact) mass is 628 g/mol. The molecule has 0 spiro atoms. The molecule has 0 radical (unpaired) electrons. The summed E-state index contributed by atoms with van der Waals surface area (Å²) in [5, 5.41) is 11.8. The lowest BCUT2D eigenvalue weighted by Gasteiger charge is -2.27. The number of fused-ring (bicyclic) bond motifs is 2. The van der Waals surface area contributed by atoms with E-state index < -0.39 is 12.1 Å². The normalized spacial score (nSPS) is 18.2. The van der Waals surface area contributed by atoms with Crippen LogP contribution < -0.4 is 16.2 Å². The smallest absolute Gasteiger partial charge is 0.250 e. The summed E-state index contributed by atoms with van der Waals surface area (Å²) >= 11 is 0. The van der Waals surface area contributed by atoms with Gasteiger partial charge >= 0.3 is 0 Å². The lowest BCUT2D eigenvalue weighted by atomic mass is 10.0. The molecule has 244 valence electrons. The van der Waals surface area contributed by atoms with Crippen LogP contribution in [0.3, 0.4) is 0 Å². The molecule has 0 unspecified atom stereocenters. The maximum absolute atomic E-state index is 13.9. The quantitative estimate of drug-likeness (QED) is 0.287. The van der Waals surface area contributed by atoms with E-state index in [1.165, 1.54) is 6.07 Å². The van der Waals surface area contributed by atoms with Gasteiger partial charge in [-0.1, -0.05) is 38.1 Å². The first kappa shape index (κ1) is 32.6. The summed E-state index contributed by atoms with van der Waals surface area (Å²) in [6.07, 6.45) is 3.54. The Morgan fingerprint density at radius 2 is 1.78 bits per heavy atom. The van der Waals surface area contributed by atoms with Crippen molar-refractivity contribution in [2.75, 3.05) is 13.1 Å². The zero-order chi connectivity index (χ0) is 32.8. The van der Waals surface area contributed by atoms with Gasteiger partial charge in [0.15, 0.2) is 0 Å². The highest BCUT2D eigenvalue weighted by Gasteiger charge is 2.29. The lowest BCUT2D eigenvalue weighted by molar-refractivity contribution is -0.132. The van der Waals surface area contributed by atoms with Crippen molar-refractivity contribution >= 4 is 28.6 Å². The van der Waals surface area contributed by atoms with Gasteiger partial charge in [-0.25, -0.2) is 9.67 Å². The van der Waals surface area contributed by atoms with Gasteiger partial charge in [-0.05, 0) is 50.3 Å². The van der Waals surface area contributed by atoms with E-state index in [2.05, 4.69) is 34.6 Å². The molecule has 2 atom stereocenters. The van der Waals surface area contributed by atoms with E-state index in [0.29, 0.717) is 50.5 Å². The standard InChI is InChI=1S/C34H44N8O4/c1-22(2)19-28-33-36-24(4)39-42(33)18-17-40(31(44)14-16-41-23(3)9-7-13-32(41)45)15-8-12-30(43)37-29(34(46)38-28)20-25-21-35-27-11-6-5-10-26(25)27/h5-7,9-11,13,21-22,28-29,35H,8,12,14-20H2,1-4H3,(H,37,43)(H,38,46)/t28-,29+/m0/s1. The van der Waals surface area contributed by atoms with E-state index in [4.69, 9.17) is 4.98 Å². The highest BCUT2D eigenvalue weighted by Crippen LogP contribution is 2.23. The summed E-state index contributed by atoms with van der Waals surface area (Å²) in [6.45, 7) is 9.17. The van der Waals surface area contributed by atoms with Crippen molar-refractivity contribution in [3.8, 4) is 0 Å². The first-order valence-electron chi connectivity index (χ1n) is 16.1. The number of nitrogens with zero attached hydrogens (tertiary/aromatic N) is 5. The number of benzene rings is 1.